The smallest absolute Gasteiger partial charge is 0.138 e. The lowest BCUT2D eigenvalue weighted by Crippen LogP contribution is -2.40. The first-order chi connectivity index (χ1) is 10.2. The second kappa shape index (κ2) is 8.89. The van der Waals surface area contributed by atoms with Gasteiger partial charge < -0.3 is 15.2 Å². The molecule has 2 N–H and O–H groups in total. The highest BCUT2D eigenvalue weighted by Gasteiger charge is 2.20. The van der Waals surface area contributed by atoms with E-state index in [9.17, 15) is 5.11 Å². The molecule has 0 saturated heterocycles. The predicted octanol–water partition coefficient (Wildman–Crippen LogP) is 3.34. The fourth-order valence-electron chi connectivity index (χ4n) is 2.61. The number of hydrogen-bond acceptors (Lipinski definition) is 4. The lowest BCUT2D eigenvalue weighted by atomic mass is 9.95. The summed E-state index contributed by atoms with van der Waals surface area (Å²) in [6.07, 6.45) is 6.61. The van der Waals surface area contributed by atoms with Crippen molar-refractivity contribution in [2.24, 2.45) is 0 Å². The van der Waals surface area contributed by atoms with Crippen molar-refractivity contribution in [2.75, 3.05) is 19.4 Å². The van der Waals surface area contributed by atoms with E-state index in [2.05, 4.69) is 11.6 Å². The van der Waals surface area contributed by atoms with Crippen LogP contribution < -0.4 is 10.1 Å². The lowest BCUT2D eigenvalue weighted by Gasteiger charge is -2.28. The van der Waals surface area contributed by atoms with Gasteiger partial charge in [-0.1, -0.05) is 23.7 Å². The molecule has 0 spiro atoms. The normalized spacial score (nSPS) is 23.8. The van der Waals surface area contributed by atoms with Crippen LogP contribution in [0.1, 0.15) is 25.7 Å². The molecule has 118 valence electrons. The molecule has 5 heteroatoms. The maximum Gasteiger partial charge on any atom is 0.138 e. The molecule has 1 fully saturated rings. The summed E-state index contributed by atoms with van der Waals surface area (Å²) < 4.78 is 5.55. The van der Waals surface area contributed by atoms with E-state index in [0.29, 0.717) is 23.4 Å². The largest absolute Gasteiger partial charge is 0.489 e. The van der Waals surface area contributed by atoms with Crippen LogP contribution in [0.5, 0.6) is 5.75 Å². The second-order valence-corrected chi connectivity index (χ2v) is 7.06. The summed E-state index contributed by atoms with van der Waals surface area (Å²) in [5.74, 6) is 0.624. The van der Waals surface area contributed by atoms with Gasteiger partial charge >= 0.3 is 0 Å². The predicted molar refractivity (Wildman–Crippen MR) is 90.5 cm³/mol. The molecule has 0 aliphatic heterocycles. The van der Waals surface area contributed by atoms with Gasteiger partial charge in [-0.15, -0.1) is 0 Å². The van der Waals surface area contributed by atoms with Gasteiger partial charge in [0.25, 0.3) is 0 Å². The van der Waals surface area contributed by atoms with Crippen molar-refractivity contribution in [3.8, 4) is 5.75 Å². The van der Waals surface area contributed by atoms with Gasteiger partial charge in [-0.3, -0.25) is 0 Å². The molecular formula is C16H24ClNO2S. The van der Waals surface area contributed by atoms with Crippen LogP contribution in [-0.2, 0) is 0 Å². The van der Waals surface area contributed by atoms with Gasteiger partial charge in [-0.25, -0.2) is 0 Å². The number of ether oxygens (including phenoxy) is 1. The van der Waals surface area contributed by atoms with Gasteiger partial charge in [-0.05, 0) is 44.1 Å². The Hall–Kier alpha value is -0.420. The quantitative estimate of drug-likeness (QED) is 0.805. The van der Waals surface area contributed by atoms with Crippen LogP contribution in [0.15, 0.2) is 24.3 Å². The van der Waals surface area contributed by atoms with Gasteiger partial charge in [0, 0.05) is 17.8 Å². The average molecular weight is 330 g/mol. The van der Waals surface area contributed by atoms with Gasteiger partial charge in [-0.2, -0.15) is 11.8 Å². The number of rotatable bonds is 7. The van der Waals surface area contributed by atoms with Gasteiger partial charge in [0.15, 0.2) is 0 Å². The Morgan fingerprint density at radius 3 is 2.71 bits per heavy atom. The minimum Gasteiger partial charge on any atom is -0.489 e. The molecule has 1 unspecified atom stereocenters. The third-order valence-corrected chi connectivity index (χ3v) is 5.37. The summed E-state index contributed by atoms with van der Waals surface area (Å²) in [5, 5.41) is 14.8. The molecule has 0 bridgehead atoms. The topological polar surface area (TPSA) is 41.5 Å². The molecule has 0 heterocycles. The van der Waals surface area contributed by atoms with Crippen LogP contribution in [0.25, 0.3) is 0 Å². The zero-order chi connectivity index (χ0) is 15.1. The molecular weight excluding hydrogens is 306 g/mol. The zero-order valence-corrected chi connectivity index (χ0v) is 14.0. The van der Waals surface area contributed by atoms with Crippen LogP contribution >= 0.6 is 23.4 Å². The monoisotopic (exact) mass is 329 g/mol. The SMILES string of the molecule is CSC1CCC(NCC(O)COc2ccccc2Cl)CC1. The summed E-state index contributed by atoms with van der Waals surface area (Å²) in [4.78, 5) is 0. The number of hydrogen-bond donors (Lipinski definition) is 2. The molecule has 1 atom stereocenters. The van der Waals surface area contributed by atoms with Crippen molar-refractivity contribution < 1.29 is 9.84 Å². The molecule has 0 amide bonds. The van der Waals surface area contributed by atoms with Crippen molar-refractivity contribution in [3.05, 3.63) is 29.3 Å². The maximum atomic E-state index is 10.00. The number of para-hydroxylation sites is 1. The van der Waals surface area contributed by atoms with Gasteiger partial charge in [0.05, 0.1) is 5.02 Å². The number of aliphatic hydroxyl groups excluding tert-OH is 1. The number of aliphatic hydroxyl groups is 1. The Bertz CT molecular complexity index is 424. The maximum absolute atomic E-state index is 10.00. The number of thioether (sulfide) groups is 1. The van der Waals surface area contributed by atoms with E-state index in [0.717, 1.165) is 5.25 Å². The van der Waals surface area contributed by atoms with Crippen LogP contribution in [0.4, 0.5) is 0 Å². The molecule has 1 aliphatic carbocycles. The standard InChI is InChI=1S/C16H24ClNO2S/c1-21-14-8-6-12(7-9-14)18-10-13(19)11-20-16-5-3-2-4-15(16)17/h2-5,12-14,18-19H,6-11H2,1H3. The minimum atomic E-state index is -0.514. The second-order valence-electron chi connectivity index (χ2n) is 5.51. The van der Waals surface area contributed by atoms with E-state index in [-0.39, 0.29) is 6.61 Å². The lowest BCUT2D eigenvalue weighted by molar-refractivity contribution is 0.102. The average Bonchev–Trinajstić information content (AvgIpc) is 2.52. The van der Waals surface area contributed by atoms with Crippen molar-refractivity contribution in [1.82, 2.24) is 5.32 Å². The number of halogens is 1. The van der Waals surface area contributed by atoms with E-state index in [1.165, 1.54) is 25.7 Å². The Morgan fingerprint density at radius 2 is 2.05 bits per heavy atom. The molecule has 21 heavy (non-hydrogen) atoms. The van der Waals surface area contributed by atoms with E-state index in [1.54, 1.807) is 6.07 Å². The van der Waals surface area contributed by atoms with Gasteiger partial charge in [0.1, 0.15) is 18.5 Å². The van der Waals surface area contributed by atoms with E-state index in [1.807, 2.05) is 30.0 Å². The molecule has 0 radical (unpaired) electrons. The van der Waals surface area contributed by atoms with Crippen molar-refractivity contribution >= 4 is 23.4 Å². The summed E-state index contributed by atoms with van der Waals surface area (Å²) in [6.45, 7) is 0.829. The molecule has 3 nitrogen and oxygen atoms in total. The first-order valence-electron chi connectivity index (χ1n) is 7.50. The first kappa shape index (κ1) is 16.9. The van der Waals surface area contributed by atoms with Crippen LogP contribution in [0.3, 0.4) is 0 Å². The summed E-state index contributed by atoms with van der Waals surface area (Å²) in [7, 11) is 0. The third-order valence-electron chi connectivity index (χ3n) is 3.92. The fraction of sp³-hybridized carbons (Fsp3) is 0.625. The summed E-state index contributed by atoms with van der Waals surface area (Å²) >= 11 is 7.98. The van der Waals surface area contributed by atoms with E-state index >= 15 is 0 Å². The molecule has 0 aromatic heterocycles. The molecule has 1 saturated carbocycles. The molecule has 1 aromatic rings. The highest BCUT2D eigenvalue weighted by atomic mass is 35.5. The highest BCUT2D eigenvalue weighted by Crippen LogP contribution is 2.27. The highest BCUT2D eigenvalue weighted by molar-refractivity contribution is 7.99. The third kappa shape index (κ3) is 5.70. The summed E-state index contributed by atoms with van der Waals surface area (Å²) in [6, 6.07) is 7.86. The minimum absolute atomic E-state index is 0.261. The Balaban J connectivity index is 1.64. The van der Waals surface area contributed by atoms with Crippen molar-refractivity contribution in [3.63, 3.8) is 0 Å². The zero-order valence-electron chi connectivity index (χ0n) is 12.4. The number of benzene rings is 1. The van der Waals surface area contributed by atoms with Crippen molar-refractivity contribution in [2.45, 2.75) is 43.1 Å². The van der Waals surface area contributed by atoms with Gasteiger partial charge in [0.2, 0.25) is 0 Å². The fourth-order valence-corrected chi connectivity index (χ4v) is 3.55. The Kier molecular flexibility index (Phi) is 7.17. The van der Waals surface area contributed by atoms with Crippen molar-refractivity contribution in [1.29, 1.82) is 0 Å². The molecule has 2 rings (SSSR count). The van der Waals surface area contributed by atoms with E-state index in [4.69, 9.17) is 16.3 Å². The van der Waals surface area contributed by atoms with E-state index < -0.39 is 6.10 Å². The Labute approximate surface area is 136 Å². The van der Waals surface area contributed by atoms with Crippen LogP contribution in [0, 0.1) is 0 Å². The first-order valence-corrected chi connectivity index (χ1v) is 9.17. The number of nitrogens with one attached hydrogen (secondary N) is 1. The molecule has 1 aliphatic rings. The van der Waals surface area contributed by atoms with Crippen LogP contribution in [-0.4, -0.2) is 41.9 Å². The molecule has 1 aromatic carbocycles. The Morgan fingerprint density at radius 1 is 1.33 bits per heavy atom. The summed E-state index contributed by atoms with van der Waals surface area (Å²) in [5.41, 5.74) is 0. The van der Waals surface area contributed by atoms with Crippen LogP contribution in [0.2, 0.25) is 5.02 Å².